The Morgan fingerprint density at radius 3 is 3.00 bits per heavy atom. The highest BCUT2D eigenvalue weighted by Crippen LogP contribution is 2.12. The molecule has 1 fully saturated rings. The highest BCUT2D eigenvalue weighted by molar-refractivity contribution is 5.76. The van der Waals surface area contributed by atoms with E-state index in [1.54, 1.807) is 12.5 Å². The van der Waals surface area contributed by atoms with Crippen molar-refractivity contribution in [3.63, 3.8) is 0 Å². The molecule has 0 spiro atoms. The van der Waals surface area contributed by atoms with Crippen LogP contribution in [-0.4, -0.2) is 52.7 Å². The lowest BCUT2D eigenvalue weighted by Crippen LogP contribution is -2.44. The van der Waals surface area contributed by atoms with Gasteiger partial charge in [0.2, 0.25) is 5.91 Å². The van der Waals surface area contributed by atoms with Crippen LogP contribution in [0.1, 0.15) is 12.0 Å². The molecule has 1 saturated heterocycles. The largest absolute Gasteiger partial charge is 0.375 e. The van der Waals surface area contributed by atoms with Crippen molar-refractivity contribution in [2.24, 2.45) is 0 Å². The number of carbonyl (C=O) groups excluding carboxylic acids is 1. The maximum absolute atomic E-state index is 12.1. The highest BCUT2D eigenvalue weighted by Gasteiger charge is 2.22. The number of amides is 1. The molecule has 128 valence electrons. The molecular formula is C18H24N4O2. The van der Waals surface area contributed by atoms with Gasteiger partial charge in [0, 0.05) is 45.1 Å². The Kier molecular flexibility index (Phi) is 5.98. The third-order valence-corrected chi connectivity index (χ3v) is 4.14. The number of ether oxygens (including phenoxy) is 1. The summed E-state index contributed by atoms with van der Waals surface area (Å²) in [6, 6.07) is 10.4. The molecule has 0 bridgehead atoms. The SMILES string of the molecule is O=C(C[C@@H]1CN(Cc2ccccc2)CCO1)NCCn1ccnc1. The van der Waals surface area contributed by atoms with Crippen molar-refractivity contribution in [3.8, 4) is 0 Å². The van der Waals surface area contributed by atoms with Gasteiger partial charge in [-0.3, -0.25) is 9.69 Å². The van der Waals surface area contributed by atoms with Crippen molar-refractivity contribution < 1.29 is 9.53 Å². The van der Waals surface area contributed by atoms with Gasteiger partial charge in [0.15, 0.2) is 0 Å². The second-order valence-corrected chi connectivity index (χ2v) is 6.07. The minimum Gasteiger partial charge on any atom is -0.375 e. The Morgan fingerprint density at radius 1 is 1.33 bits per heavy atom. The number of aromatic nitrogens is 2. The second-order valence-electron chi connectivity index (χ2n) is 6.07. The number of nitrogens with zero attached hydrogens (tertiary/aromatic N) is 3. The van der Waals surface area contributed by atoms with E-state index >= 15 is 0 Å². The Labute approximate surface area is 142 Å². The first-order valence-corrected chi connectivity index (χ1v) is 8.40. The monoisotopic (exact) mass is 328 g/mol. The third-order valence-electron chi connectivity index (χ3n) is 4.14. The molecule has 1 amide bonds. The van der Waals surface area contributed by atoms with Crippen LogP contribution in [0.5, 0.6) is 0 Å². The van der Waals surface area contributed by atoms with E-state index in [2.05, 4.69) is 39.5 Å². The van der Waals surface area contributed by atoms with Crippen molar-refractivity contribution in [2.45, 2.75) is 25.6 Å². The number of rotatable bonds is 7. The Bertz CT molecular complexity index is 615. The normalized spacial score (nSPS) is 18.4. The lowest BCUT2D eigenvalue weighted by atomic mass is 10.1. The summed E-state index contributed by atoms with van der Waals surface area (Å²) in [5, 5.41) is 2.95. The average molecular weight is 328 g/mol. The standard InChI is InChI=1S/C18H24N4O2/c23-18(20-7-9-21-8-6-19-15-21)12-17-14-22(10-11-24-17)13-16-4-2-1-3-5-16/h1-6,8,15,17H,7,9-14H2,(H,20,23)/t17-/m1/s1. The Morgan fingerprint density at radius 2 is 2.21 bits per heavy atom. The first-order chi connectivity index (χ1) is 11.8. The molecule has 0 aliphatic carbocycles. The zero-order valence-electron chi connectivity index (χ0n) is 13.8. The third kappa shape index (κ3) is 5.18. The van der Waals surface area contributed by atoms with Crippen LogP contribution in [0, 0.1) is 0 Å². The fraction of sp³-hybridized carbons (Fsp3) is 0.444. The van der Waals surface area contributed by atoms with Crippen LogP contribution in [0.2, 0.25) is 0 Å². The molecule has 6 nitrogen and oxygen atoms in total. The first kappa shape index (κ1) is 16.7. The fourth-order valence-corrected chi connectivity index (χ4v) is 2.91. The van der Waals surface area contributed by atoms with E-state index in [4.69, 9.17) is 4.74 Å². The van der Waals surface area contributed by atoms with Gasteiger partial charge in [-0.15, -0.1) is 0 Å². The van der Waals surface area contributed by atoms with E-state index in [-0.39, 0.29) is 12.0 Å². The zero-order valence-corrected chi connectivity index (χ0v) is 13.8. The predicted molar refractivity (Wildman–Crippen MR) is 91.3 cm³/mol. The highest BCUT2D eigenvalue weighted by atomic mass is 16.5. The molecule has 3 rings (SSSR count). The van der Waals surface area contributed by atoms with Crippen molar-refractivity contribution in [3.05, 3.63) is 54.6 Å². The van der Waals surface area contributed by atoms with Crippen molar-refractivity contribution in [1.82, 2.24) is 19.8 Å². The minimum absolute atomic E-state index is 0.0318. The van der Waals surface area contributed by atoms with Crippen LogP contribution < -0.4 is 5.32 Å². The van der Waals surface area contributed by atoms with Crippen LogP contribution >= 0.6 is 0 Å². The van der Waals surface area contributed by atoms with Crippen molar-refractivity contribution in [2.75, 3.05) is 26.2 Å². The molecular weight excluding hydrogens is 304 g/mol. The summed E-state index contributed by atoms with van der Waals surface area (Å²) in [6.45, 7) is 4.63. The van der Waals surface area contributed by atoms with Gasteiger partial charge in [-0.1, -0.05) is 30.3 Å². The van der Waals surface area contributed by atoms with E-state index in [1.165, 1.54) is 5.56 Å². The summed E-state index contributed by atoms with van der Waals surface area (Å²) in [7, 11) is 0. The van der Waals surface area contributed by atoms with Crippen LogP contribution in [0.3, 0.4) is 0 Å². The molecule has 0 unspecified atom stereocenters. The molecule has 2 aromatic rings. The van der Waals surface area contributed by atoms with Crippen molar-refractivity contribution >= 4 is 5.91 Å². The Hall–Kier alpha value is -2.18. The van der Waals surface area contributed by atoms with Gasteiger partial charge in [0.05, 0.1) is 25.5 Å². The molecule has 1 aliphatic rings. The van der Waals surface area contributed by atoms with Gasteiger partial charge < -0.3 is 14.6 Å². The fourth-order valence-electron chi connectivity index (χ4n) is 2.91. The van der Waals surface area contributed by atoms with Gasteiger partial charge in [0.1, 0.15) is 0 Å². The summed E-state index contributed by atoms with van der Waals surface area (Å²) in [4.78, 5) is 18.4. The lowest BCUT2D eigenvalue weighted by molar-refractivity contribution is -0.126. The van der Waals surface area contributed by atoms with Gasteiger partial charge >= 0.3 is 0 Å². The van der Waals surface area contributed by atoms with E-state index < -0.39 is 0 Å². The van der Waals surface area contributed by atoms with Gasteiger partial charge in [-0.05, 0) is 5.56 Å². The zero-order chi connectivity index (χ0) is 16.6. The summed E-state index contributed by atoms with van der Waals surface area (Å²) in [5.41, 5.74) is 1.29. The molecule has 1 aromatic heterocycles. The number of carbonyl (C=O) groups is 1. The summed E-state index contributed by atoms with van der Waals surface area (Å²) in [6.07, 6.45) is 5.75. The minimum atomic E-state index is -0.0318. The summed E-state index contributed by atoms with van der Waals surface area (Å²) in [5.74, 6) is 0.0432. The molecule has 2 heterocycles. The topological polar surface area (TPSA) is 59.4 Å². The van der Waals surface area contributed by atoms with Crippen LogP contribution in [0.25, 0.3) is 0 Å². The molecule has 1 aromatic carbocycles. The van der Waals surface area contributed by atoms with E-state index in [9.17, 15) is 4.79 Å². The van der Waals surface area contributed by atoms with Crippen molar-refractivity contribution in [1.29, 1.82) is 0 Å². The number of hydrogen-bond donors (Lipinski definition) is 1. The number of nitrogens with one attached hydrogen (secondary N) is 1. The molecule has 6 heteroatoms. The number of hydrogen-bond acceptors (Lipinski definition) is 4. The molecule has 0 radical (unpaired) electrons. The first-order valence-electron chi connectivity index (χ1n) is 8.40. The molecule has 24 heavy (non-hydrogen) atoms. The van der Waals surface area contributed by atoms with Gasteiger partial charge in [-0.2, -0.15) is 0 Å². The Balaban J connectivity index is 1.39. The summed E-state index contributed by atoms with van der Waals surface area (Å²) < 4.78 is 7.69. The van der Waals surface area contributed by atoms with E-state index in [0.717, 1.165) is 26.2 Å². The maximum atomic E-state index is 12.1. The lowest BCUT2D eigenvalue weighted by Gasteiger charge is -2.32. The molecule has 1 aliphatic heterocycles. The number of imidazole rings is 1. The number of morpholine rings is 1. The van der Waals surface area contributed by atoms with Crippen LogP contribution in [-0.2, 0) is 22.6 Å². The second kappa shape index (κ2) is 8.61. The average Bonchev–Trinajstić information content (AvgIpc) is 3.09. The smallest absolute Gasteiger partial charge is 0.222 e. The van der Waals surface area contributed by atoms with Gasteiger partial charge in [0.25, 0.3) is 0 Å². The quantitative estimate of drug-likeness (QED) is 0.832. The number of benzene rings is 1. The van der Waals surface area contributed by atoms with Crippen LogP contribution in [0.4, 0.5) is 0 Å². The molecule has 1 N–H and O–H groups in total. The summed E-state index contributed by atoms with van der Waals surface area (Å²) >= 11 is 0. The molecule has 1 atom stereocenters. The van der Waals surface area contributed by atoms with Crippen LogP contribution in [0.15, 0.2) is 49.1 Å². The van der Waals surface area contributed by atoms with Gasteiger partial charge in [-0.25, -0.2) is 4.98 Å². The van der Waals surface area contributed by atoms with E-state index in [1.807, 2.05) is 16.8 Å². The predicted octanol–water partition coefficient (Wildman–Crippen LogP) is 1.29. The van der Waals surface area contributed by atoms with E-state index in [0.29, 0.717) is 19.6 Å². The molecule has 0 saturated carbocycles. The maximum Gasteiger partial charge on any atom is 0.222 e.